The highest BCUT2D eigenvalue weighted by atomic mass is 32.2. The lowest BCUT2D eigenvalue weighted by atomic mass is 10.2. The Morgan fingerprint density at radius 1 is 1.31 bits per heavy atom. The maximum absolute atomic E-state index is 11.6. The van der Waals surface area contributed by atoms with Crippen LogP contribution in [0.4, 0.5) is 0 Å². The lowest BCUT2D eigenvalue weighted by molar-refractivity contribution is 0.379. The normalized spacial score (nSPS) is 14.3. The summed E-state index contributed by atoms with van der Waals surface area (Å²) < 4.78 is 25.9. The van der Waals surface area contributed by atoms with Gasteiger partial charge < -0.3 is 10.6 Å². The standard InChI is InChI=1S/C10H25N3O2S/c1-10(6-8-13(2)3)12-16(14,15)9-5-4-7-11/h10,12H,4-9,11H2,1-3H3. The molecule has 0 aliphatic rings. The average Bonchev–Trinajstić information content (AvgIpc) is 2.14. The van der Waals surface area contributed by atoms with E-state index in [0.717, 1.165) is 19.4 Å². The van der Waals surface area contributed by atoms with Gasteiger partial charge in [-0.25, -0.2) is 13.1 Å². The van der Waals surface area contributed by atoms with Gasteiger partial charge in [0.05, 0.1) is 5.75 Å². The minimum atomic E-state index is -3.13. The van der Waals surface area contributed by atoms with Gasteiger partial charge in [0.25, 0.3) is 0 Å². The first-order valence-electron chi connectivity index (χ1n) is 5.72. The van der Waals surface area contributed by atoms with Crippen LogP contribution >= 0.6 is 0 Å². The van der Waals surface area contributed by atoms with Crippen molar-refractivity contribution in [2.45, 2.75) is 32.2 Å². The highest BCUT2D eigenvalue weighted by molar-refractivity contribution is 7.89. The van der Waals surface area contributed by atoms with E-state index in [9.17, 15) is 8.42 Å². The zero-order valence-electron chi connectivity index (χ0n) is 10.6. The summed E-state index contributed by atoms with van der Waals surface area (Å²) in [5.41, 5.74) is 5.32. The van der Waals surface area contributed by atoms with Gasteiger partial charge in [-0.2, -0.15) is 0 Å². The second kappa shape index (κ2) is 8.00. The molecule has 0 aliphatic heterocycles. The van der Waals surface area contributed by atoms with E-state index in [1.807, 2.05) is 25.9 Å². The third-order valence-corrected chi connectivity index (χ3v) is 3.84. The molecule has 0 aromatic carbocycles. The third-order valence-electron chi connectivity index (χ3n) is 2.26. The number of hydrogen-bond acceptors (Lipinski definition) is 4. The summed E-state index contributed by atoms with van der Waals surface area (Å²) in [7, 11) is 0.824. The molecule has 0 fully saturated rings. The molecule has 0 aromatic rings. The minimum absolute atomic E-state index is 0.00900. The van der Waals surface area contributed by atoms with Crippen molar-refractivity contribution in [2.24, 2.45) is 5.73 Å². The van der Waals surface area contributed by atoms with Crippen molar-refractivity contribution in [3.8, 4) is 0 Å². The zero-order chi connectivity index (χ0) is 12.6. The third kappa shape index (κ3) is 9.08. The summed E-state index contributed by atoms with van der Waals surface area (Å²) in [6.45, 7) is 3.32. The Morgan fingerprint density at radius 2 is 1.94 bits per heavy atom. The number of unbranched alkanes of at least 4 members (excludes halogenated alkanes) is 1. The van der Waals surface area contributed by atoms with Crippen LogP contribution in [-0.2, 0) is 10.0 Å². The van der Waals surface area contributed by atoms with Crippen molar-refractivity contribution < 1.29 is 8.42 Å². The number of nitrogens with zero attached hydrogens (tertiary/aromatic N) is 1. The Balaban J connectivity index is 3.86. The molecule has 0 aromatic heterocycles. The van der Waals surface area contributed by atoms with Gasteiger partial charge in [0.2, 0.25) is 10.0 Å². The lowest BCUT2D eigenvalue weighted by Gasteiger charge is -2.16. The Morgan fingerprint density at radius 3 is 2.44 bits per heavy atom. The maximum Gasteiger partial charge on any atom is 0.211 e. The fraction of sp³-hybridized carbons (Fsp3) is 1.00. The number of nitrogens with one attached hydrogen (secondary N) is 1. The van der Waals surface area contributed by atoms with Gasteiger partial charge in [0.15, 0.2) is 0 Å². The summed E-state index contributed by atoms with van der Waals surface area (Å²) >= 11 is 0. The fourth-order valence-electron chi connectivity index (χ4n) is 1.31. The summed E-state index contributed by atoms with van der Waals surface area (Å²) in [6, 6.07) is -0.00900. The molecular formula is C10H25N3O2S. The molecular weight excluding hydrogens is 226 g/mol. The molecule has 0 spiro atoms. The van der Waals surface area contributed by atoms with Crippen LogP contribution in [0.3, 0.4) is 0 Å². The first-order valence-corrected chi connectivity index (χ1v) is 7.37. The van der Waals surface area contributed by atoms with E-state index in [4.69, 9.17) is 5.73 Å². The Labute approximate surface area is 99.4 Å². The quantitative estimate of drug-likeness (QED) is 0.565. The number of rotatable bonds is 9. The second-order valence-corrected chi connectivity index (χ2v) is 6.30. The molecule has 0 saturated heterocycles. The van der Waals surface area contributed by atoms with E-state index in [-0.39, 0.29) is 11.8 Å². The van der Waals surface area contributed by atoms with Gasteiger partial charge in [-0.1, -0.05) is 0 Å². The SMILES string of the molecule is CC(CCN(C)C)NS(=O)(=O)CCCCN. The first kappa shape index (κ1) is 15.8. The molecule has 1 unspecified atom stereocenters. The molecule has 5 nitrogen and oxygen atoms in total. The molecule has 98 valence electrons. The monoisotopic (exact) mass is 251 g/mol. The predicted octanol–water partition coefficient (Wildman–Crippen LogP) is -0.0151. The zero-order valence-corrected chi connectivity index (χ0v) is 11.4. The molecule has 0 bridgehead atoms. The van der Waals surface area contributed by atoms with E-state index < -0.39 is 10.0 Å². The van der Waals surface area contributed by atoms with Gasteiger partial charge in [-0.3, -0.25) is 0 Å². The van der Waals surface area contributed by atoms with Crippen molar-refractivity contribution in [1.82, 2.24) is 9.62 Å². The Kier molecular flexibility index (Phi) is 7.91. The molecule has 3 N–H and O–H groups in total. The van der Waals surface area contributed by atoms with Gasteiger partial charge >= 0.3 is 0 Å². The predicted molar refractivity (Wildman–Crippen MR) is 67.8 cm³/mol. The number of sulfonamides is 1. The molecule has 0 aliphatic carbocycles. The molecule has 0 saturated carbocycles. The highest BCUT2D eigenvalue weighted by Gasteiger charge is 2.13. The molecule has 0 amide bonds. The smallest absolute Gasteiger partial charge is 0.211 e. The maximum atomic E-state index is 11.6. The minimum Gasteiger partial charge on any atom is -0.330 e. The van der Waals surface area contributed by atoms with Crippen LogP contribution in [0, 0.1) is 0 Å². The van der Waals surface area contributed by atoms with Gasteiger partial charge in [-0.05, 0) is 53.4 Å². The summed E-state index contributed by atoms with van der Waals surface area (Å²) in [6.07, 6.45) is 2.21. The van der Waals surface area contributed by atoms with Crippen LogP contribution in [0.1, 0.15) is 26.2 Å². The molecule has 0 radical (unpaired) electrons. The average molecular weight is 251 g/mol. The van der Waals surface area contributed by atoms with E-state index in [2.05, 4.69) is 4.72 Å². The van der Waals surface area contributed by atoms with E-state index in [0.29, 0.717) is 13.0 Å². The van der Waals surface area contributed by atoms with E-state index in [1.54, 1.807) is 0 Å². The summed E-state index contributed by atoms with van der Waals surface area (Å²) in [5, 5.41) is 0. The van der Waals surface area contributed by atoms with Crippen molar-refractivity contribution in [1.29, 1.82) is 0 Å². The van der Waals surface area contributed by atoms with Crippen molar-refractivity contribution in [3.63, 3.8) is 0 Å². The van der Waals surface area contributed by atoms with E-state index in [1.165, 1.54) is 0 Å². The molecule has 0 heterocycles. The van der Waals surface area contributed by atoms with Crippen LogP contribution < -0.4 is 10.5 Å². The van der Waals surface area contributed by atoms with Crippen LogP contribution in [0.25, 0.3) is 0 Å². The van der Waals surface area contributed by atoms with Gasteiger partial charge in [0.1, 0.15) is 0 Å². The highest BCUT2D eigenvalue weighted by Crippen LogP contribution is 1.98. The molecule has 0 rings (SSSR count). The van der Waals surface area contributed by atoms with Crippen LogP contribution in [0.5, 0.6) is 0 Å². The van der Waals surface area contributed by atoms with Gasteiger partial charge in [0, 0.05) is 6.04 Å². The van der Waals surface area contributed by atoms with Crippen LogP contribution in [-0.4, -0.2) is 52.3 Å². The Hall–Kier alpha value is -0.170. The van der Waals surface area contributed by atoms with Gasteiger partial charge in [-0.15, -0.1) is 0 Å². The molecule has 16 heavy (non-hydrogen) atoms. The molecule has 6 heteroatoms. The lowest BCUT2D eigenvalue weighted by Crippen LogP contribution is -2.36. The van der Waals surface area contributed by atoms with Crippen molar-refractivity contribution in [3.05, 3.63) is 0 Å². The van der Waals surface area contributed by atoms with Crippen molar-refractivity contribution in [2.75, 3.05) is 32.9 Å². The summed E-state index contributed by atoms with van der Waals surface area (Å²) in [4.78, 5) is 2.04. The first-order chi connectivity index (χ1) is 7.37. The number of nitrogens with two attached hydrogens (primary N) is 1. The van der Waals surface area contributed by atoms with Crippen LogP contribution in [0.2, 0.25) is 0 Å². The number of hydrogen-bond donors (Lipinski definition) is 2. The topological polar surface area (TPSA) is 75.4 Å². The fourth-order valence-corrected chi connectivity index (χ4v) is 2.75. The largest absolute Gasteiger partial charge is 0.330 e. The second-order valence-electron chi connectivity index (χ2n) is 4.43. The Bertz CT molecular complexity index is 265. The van der Waals surface area contributed by atoms with Crippen LogP contribution in [0.15, 0.2) is 0 Å². The molecule has 1 atom stereocenters. The van der Waals surface area contributed by atoms with E-state index >= 15 is 0 Å². The summed E-state index contributed by atoms with van der Waals surface area (Å²) in [5.74, 6) is 0.177. The van der Waals surface area contributed by atoms with Crippen molar-refractivity contribution >= 4 is 10.0 Å².